The first-order chi connectivity index (χ1) is 10.00. The summed E-state index contributed by atoms with van der Waals surface area (Å²) >= 11 is 0. The minimum atomic E-state index is -0.467. The van der Waals surface area contributed by atoms with Crippen molar-refractivity contribution in [1.29, 1.82) is 0 Å². The van der Waals surface area contributed by atoms with Crippen molar-refractivity contribution in [2.75, 3.05) is 13.6 Å². The number of hydrogen-bond acceptors (Lipinski definition) is 2. The van der Waals surface area contributed by atoms with E-state index in [0.717, 1.165) is 12.0 Å². The van der Waals surface area contributed by atoms with E-state index in [9.17, 15) is 4.79 Å². The first-order valence-electron chi connectivity index (χ1n) is 7.43. The second kappa shape index (κ2) is 6.27. The molecule has 2 N–H and O–H groups in total. The van der Waals surface area contributed by atoms with E-state index < -0.39 is 5.41 Å². The topological polar surface area (TPSA) is 46.3 Å². The van der Waals surface area contributed by atoms with Crippen molar-refractivity contribution in [3.05, 3.63) is 48.0 Å². The van der Waals surface area contributed by atoms with Gasteiger partial charge in [0.2, 0.25) is 5.91 Å². The fourth-order valence-corrected chi connectivity index (χ4v) is 2.53. The van der Waals surface area contributed by atoms with Gasteiger partial charge in [0.05, 0.1) is 5.41 Å². The van der Waals surface area contributed by atoms with Crippen LogP contribution >= 0.6 is 0 Å². The molecule has 2 rings (SSSR count). The number of benzene rings is 2. The second-order valence-corrected chi connectivity index (χ2v) is 5.96. The van der Waals surface area contributed by atoms with Crippen molar-refractivity contribution in [2.45, 2.75) is 26.8 Å². The van der Waals surface area contributed by atoms with Crippen LogP contribution in [0.25, 0.3) is 10.8 Å². The second-order valence-electron chi connectivity index (χ2n) is 5.96. The lowest BCUT2D eigenvalue weighted by molar-refractivity contribution is -0.140. The lowest BCUT2D eigenvalue weighted by Crippen LogP contribution is -2.44. The van der Waals surface area contributed by atoms with Crippen LogP contribution in [0.4, 0.5) is 0 Å². The first-order valence-corrected chi connectivity index (χ1v) is 7.43. The zero-order valence-corrected chi connectivity index (χ0v) is 13.1. The maximum atomic E-state index is 12.5. The normalized spacial score (nSPS) is 13.9. The molecule has 0 aliphatic carbocycles. The SMILES string of the molecule is CCC(C)(CN)C(=O)N(C)Cc1ccc2ccccc2c1. The van der Waals surface area contributed by atoms with Crippen LogP contribution in [0.5, 0.6) is 0 Å². The summed E-state index contributed by atoms with van der Waals surface area (Å²) in [7, 11) is 1.85. The Hall–Kier alpha value is -1.87. The maximum absolute atomic E-state index is 12.5. The molecule has 3 heteroatoms. The van der Waals surface area contributed by atoms with Gasteiger partial charge in [0.15, 0.2) is 0 Å². The Kier molecular flexibility index (Phi) is 4.63. The Balaban J connectivity index is 2.17. The summed E-state index contributed by atoms with van der Waals surface area (Å²) in [5.74, 6) is 0.112. The summed E-state index contributed by atoms with van der Waals surface area (Å²) in [4.78, 5) is 14.3. The molecule has 0 aliphatic heterocycles. The highest BCUT2D eigenvalue weighted by atomic mass is 16.2. The average Bonchev–Trinajstić information content (AvgIpc) is 2.53. The Labute approximate surface area is 126 Å². The van der Waals surface area contributed by atoms with Gasteiger partial charge in [0, 0.05) is 20.1 Å². The highest BCUT2D eigenvalue weighted by Crippen LogP contribution is 2.23. The molecule has 1 amide bonds. The number of nitrogens with zero attached hydrogens (tertiary/aromatic N) is 1. The largest absolute Gasteiger partial charge is 0.341 e. The summed E-state index contributed by atoms with van der Waals surface area (Å²) in [5, 5.41) is 2.42. The van der Waals surface area contributed by atoms with E-state index in [4.69, 9.17) is 5.73 Å². The maximum Gasteiger partial charge on any atom is 0.229 e. The third kappa shape index (κ3) is 3.24. The van der Waals surface area contributed by atoms with E-state index in [-0.39, 0.29) is 5.91 Å². The molecule has 0 spiro atoms. The van der Waals surface area contributed by atoms with E-state index in [2.05, 4.69) is 30.3 Å². The molecule has 0 saturated heterocycles. The smallest absolute Gasteiger partial charge is 0.229 e. The van der Waals surface area contributed by atoms with Gasteiger partial charge in [0.1, 0.15) is 0 Å². The van der Waals surface area contributed by atoms with E-state index in [1.54, 1.807) is 4.90 Å². The van der Waals surface area contributed by atoms with Gasteiger partial charge in [-0.15, -0.1) is 0 Å². The van der Waals surface area contributed by atoms with Crippen molar-refractivity contribution in [3.63, 3.8) is 0 Å². The highest BCUT2D eigenvalue weighted by Gasteiger charge is 2.32. The van der Waals surface area contributed by atoms with Crippen LogP contribution in [-0.2, 0) is 11.3 Å². The zero-order chi connectivity index (χ0) is 15.5. The highest BCUT2D eigenvalue weighted by molar-refractivity contribution is 5.84. The van der Waals surface area contributed by atoms with Crippen molar-refractivity contribution >= 4 is 16.7 Å². The molecule has 0 bridgehead atoms. The molecule has 0 saturated carbocycles. The van der Waals surface area contributed by atoms with Crippen LogP contribution in [0.3, 0.4) is 0 Å². The minimum absolute atomic E-state index is 0.112. The van der Waals surface area contributed by atoms with Crippen LogP contribution in [-0.4, -0.2) is 24.4 Å². The van der Waals surface area contributed by atoms with Gasteiger partial charge in [-0.05, 0) is 35.7 Å². The Morgan fingerprint density at radius 3 is 2.48 bits per heavy atom. The summed E-state index contributed by atoms with van der Waals surface area (Å²) in [6, 6.07) is 14.6. The van der Waals surface area contributed by atoms with Crippen LogP contribution in [0.15, 0.2) is 42.5 Å². The molecule has 2 aromatic rings. The van der Waals surface area contributed by atoms with E-state index in [1.807, 2.05) is 33.0 Å². The molecule has 0 radical (unpaired) electrons. The quantitative estimate of drug-likeness (QED) is 0.916. The first kappa shape index (κ1) is 15.5. The number of carbonyl (C=O) groups is 1. The monoisotopic (exact) mass is 284 g/mol. The lowest BCUT2D eigenvalue weighted by Gasteiger charge is -2.30. The van der Waals surface area contributed by atoms with Gasteiger partial charge in [-0.25, -0.2) is 0 Å². The van der Waals surface area contributed by atoms with E-state index in [0.29, 0.717) is 13.1 Å². The number of amides is 1. The van der Waals surface area contributed by atoms with Crippen LogP contribution in [0, 0.1) is 5.41 Å². The third-order valence-electron chi connectivity index (χ3n) is 4.33. The van der Waals surface area contributed by atoms with Crippen LogP contribution in [0.2, 0.25) is 0 Å². The fraction of sp³-hybridized carbons (Fsp3) is 0.389. The summed E-state index contributed by atoms with van der Waals surface area (Å²) in [5.41, 5.74) is 6.45. The lowest BCUT2D eigenvalue weighted by atomic mass is 9.86. The summed E-state index contributed by atoms with van der Waals surface area (Å²) in [6.07, 6.45) is 0.754. The average molecular weight is 284 g/mol. The Morgan fingerprint density at radius 1 is 1.19 bits per heavy atom. The fourth-order valence-electron chi connectivity index (χ4n) is 2.53. The van der Waals surface area contributed by atoms with Gasteiger partial charge < -0.3 is 10.6 Å². The molecule has 0 aromatic heterocycles. The van der Waals surface area contributed by atoms with Gasteiger partial charge in [-0.2, -0.15) is 0 Å². The molecular weight excluding hydrogens is 260 g/mol. The number of carbonyl (C=O) groups excluding carboxylic acids is 1. The number of rotatable bonds is 5. The molecule has 21 heavy (non-hydrogen) atoms. The standard InChI is InChI=1S/C18H24N2O/c1-4-18(2,13-19)17(21)20(3)12-14-9-10-15-7-5-6-8-16(15)11-14/h5-11H,4,12-13,19H2,1-3H3. The molecule has 0 heterocycles. The summed E-state index contributed by atoms with van der Waals surface area (Å²) in [6.45, 7) is 4.94. The zero-order valence-electron chi connectivity index (χ0n) is 13.1. The van der Waals surface area contributed by atoms with Crippen molar-refractivity contribution in [3.8, 4) is 0 Å². The predicted molar refractivity (Wildman–Crippen MR) is 87.9 cm³/mol. The number of hydrogen-bond donors (Lipinski definition) is 1. The van der Waals surface area contributed by atoms with E-state index in [1.165, 1.54) is 10.8 Å². The van der Waals surface area contributed by atoms with Gasteiger partial charge in [-0.1, -0.05) is 43.3 Å². The molecule has 0 fully saturated rings. The van der Waals surface area contributed by atoms with E-state index >= 15 is 0 Å². The predicted octanol–water partition coefficient (Wildman–Crippen LogP) is 3.17. The molecule has 0 aliphatic rings. The third-order valence-corrected chi connectivity index (χ3v) is 4.33. The van der Waals surface area contributed by atoms with Gasteiger partial charge in [-0.3, -0.25) is 4.79 Å². The molecule has 2 aromatic carbocycles. The molecule has 1 unspecified atom stereocenters. The molecule has 1 atom stereocenters. The minimum Gasteiger partial charge on any atom is -0.341 e. The molecule has 112 valence electrons. The van der Waals surface area contributed by atoms with Crippen molar-refractivity contribution in [1.82, 2.24) is 4.90 Å². The van der Waals surface area contributed by atoms with Crippen LogP contribution in [0.1, 0.15) is 25.8 Å². The molecule has 3 nitrogen and oxygen atoms in total. The van der Waals surface area contributed by atoms with Crippen molar-refractivity contribution < 1.29 is 4.79 Å². The Morgan fingerprint density at radius 2 is 1.86 bits per heavy atom. The summed E-state index contributed by atoms with van der Waals surface area (Å²) < 4.78 is 0. The van der Waals surface area contributed by atoms with Crippen molar-refractivity contribution in [2.24, 2.45) is 11.1 Å². The van der Waals surface area contributed by atoms with Crippen LogP contribution < -0.4 is 5.73 Å². The van der Waals surface area contributed by atoms with Gasteiger partial charge in [0.25, 0.3) is 0 Å². The number of nitrogens with two attached hydrogens (primary N) is 1. The molecular formula is C18H24N2O. The van der Waals surface area contributed by atoms with Gasteiger partial charge >= 0.3 is 0 Å². The Bertz CT molecular complexity index is 632. The number of fused-ring (bicyclic) bond motifs is 1.